The average Bonchev–Trinajstić information content (AvgIpc) is 2.86. The monoisotopic (exact) mass is 517 g/mol. The average molecular weight is 518 g/mol. The van der Waals surface area contributed by atoms with E-state index in [-0.39, 0.29) is 44.0 Å². The van der Waals surface area contributed by atoms with Gasteiger partial charge in [-0.1, -0.05) is 30.8 Å². The second kappa shape index (κ2) is 11.4. The zero-order chi connectivity index (χ0) is 26.5. The van der Waals surface area contributed by atoms with E-state index in [1.165, 1.54) is 9.21 Å². The summed E-state index contributed by atoms with van der Waals surface area (Å²) in [6, 6.07) is 9.64. The number of nitrogens with zero attached hydrogens (tertiary/aromatic N) is 3. The van der Waals surface area contributed by atoms with Crippen molar-refractivity contribution in [3.8, 4) is 0 Å². The van der Waals surface area contributed by atoms with Crippen molar-refractivity contribution in [3.63, 3.8) is 0 Å². The third-order valence-electron chi connectivity index (χ3n) is 6.02. The topological polar surface area (TPSA) is 139 Å². The first-order valence-corrected chi connectivity index (χ1v) is 12.9. The maximum atomic E-state index is 13.5. The molecule has 1 saturated heterocycles. The Bertz CT molecular complexity index is 1250. The Kier molecular flexibility index (Phi) is 8.53. The lowest BCUT2D eigenvalue weighted by molar-refractivity contribution is -0.134. The predicted octanol–water partition coefficient (Wildman–Crippen LogP) is 1.07. The normalized spacial score (nSPS) is 15.2. The first kappa shape index (κ1) is 27.0. The van der Waals surface area contributed by atoms with E-state index in [0.29, 0.717) is 5.39 Å². The molecule has 1 atom stereocenters. The molecule has 3 rings (SSSR count). The maximum absolute atomic E-state index is 13.5. The molecule has 1 heterocycles. The van der Waals surface area contributed by atoms with Crippen molar-refractivity contribution in [2.45, 2.75) is 17.4 Å². The molecule has 36 heavy (non-hydrogen) atoms. The molecular weight excluding hydrogens is 486 g/mol. The fraction of sp³-hybridized carbons (Fsp3) is 0.375. The molecule has 0 spiro atoms. The van der Waals surface area contributed by atoms with E-state index in [2.05, 4.69) is 17.2 Å². The van der Waals surface area contributed by atoms with Gasteiger partial charge in [0, 0.05) is 63.3 Å². The van der Waals surface area contributed by atoms with Crippen LogP contribution in [0.3, 0.4) is 0 Å². The SMILES string of the molecule is C=CC(=O)NCCC(NC(=O)O)C(=O)N1CCN(S(=O)(=O)c2cccc3c(N(C)C)cccc23)CC1. The van der Waals surface area contributed by atoms with Crippen molar-refractivity contribution in [1.82, 2.24) is 19.8 Å². The molecule has 11 nitrogen and oxygen atoms in total. The van der Waals surface area contributed by atoms with E-state index in [1.807, 2.05) is 37.2 Å². The van der Waals surface area contributed by atoms with E-state index < -0.39 is 34.0 Å². The van der Waals surface area contributed by atoms with Crippen LogP contribution in [0, 0.1) is 0 Å². The summed E-state index contributed by atoms with van der Waals surface area (Å²) >= 11 is 0. The summed E-state index contributed by atoms with van der Waals surface area (Å²) in [4.78, 5) is 39.1. The van der Waals surface area contributed by atoms with Gasteiger partial charge >= 0.3 is 6.09 Å². The Labute approximate surface area is 210 Å². The van der Waals surface area contributed by atoms with Crippen LogP contribution < -0.4 is 15.5 Å². The number of rotatable bonds is 9. The summed E-state index contributed by atoms with van der Waals surface area (Å²) in [5.74, 6) is -0.899. The molecule has 2 aromatic carbocycles. The summed E-state index contributed by atoms with van der Waals surface area (Å²) in [7, 11) is -0.0461. The highest BCUT2D eigenvalue weighted by molar-refractivity contribution is 7.89. The van der Waals surface area contributed by atoms with Crippen LogP contribution in [0.25, 0.3) is 10.8 Å². The predicted molar refractivity (Wildman–Crippen MR) is 136 cm³/mol. The number of carboxylic acid groups (broad SMARTS) is 1. The van der Waals surface area contributed by atoms with Gasteiger partial charge in [0.05, 0.1) is 4.90 Å². The van der Waals surface area contributed by atoms with Gasteiger partial charge in [-0.25, -0.2) is 13.2 Å². The number of anilines is 1. The smallest absolute Gasteiger partial charge is 0.405 e. The second-order valence-corrected chi connectivity index (χ2v) is 10.4. The number of carbonyl (C=O) groups excluding carboxylic acids is 2. The van der Waals surface area contributed by atoms with Crippen LogP contribution in [0.15, 0.2) is 53.9 Å². The molecule has 194 valence electrons. The van der Waals surface area contributed by atoms with Gasteiger partial charge in [-0.05, 0) is 24.6 Å². The van der Waals surface area contributed by atoms with Gasteiger partial charge in [0.2, 0.25) is 21.8 Å². The summed E-state index contributed by atoms with van der Waals surface area (Å²) < 4.78 is 28.4. The Morgan fingerprint density at radius 2 is 1.72 bits per heavy atom. The summed E-state index contributed by atoms with van der Waals surface area (Å²) in [5.41, 5.74) is 0.904. The number of amides is 3. The van der Waals surface area contributed by atoms with E-state index in [0.717, 1.165) is 17.1 Å². The molecule has 1 aliphatic rings. The summed E-state index contributed by atoms with van der Waals surface area (Å²) in [5, 5.41) is 15.3. The number of benzene rings is 2. The standard InChI is InChI=1S/C24H31N5O6S/c1-4-22(30)25-12-11-19(26-24(32)33)23(31)28-13-15-29(16-14-28)36(34,35)21-10-6-7-17-18(21)8-5-9-20(17)27(2)3/h4-10,19,26H,1,11-16H2,2-3H3,(H,25,30)(H,32,33). The fourth-order valence-corrected chi connectivity index (χ4v) is 5.83. The first-order chi connectivity index (χ1) is 17.1. The lowest BCUT2D eigenvalue weighted by Gasteiger charge is -2.36. The molecule has 3 N–H and O–H groups in total. The molecule has 0 radical (unpaired) electrons. The van der Waals surface area contributed by atoms with E-state index >= 15 is 0 Å². The zero-order valence-electron chi connectivity index (χ0n) is 20.3. The fourth-order valence-electron chi connectivity index (χ4n) is 4.21. The van der Waals surface area contributed by atoms with Crippen molar-refractivity contribution in [2.75, 3.05) is 51.7 Å². The number of hydrogen-bond donors (Lipinski definition) is 3. The second-order valence-electron chi connectivity index (χ2n) is 8.54. The maximum Gasteiger partial charge on any atom is 0.405 e. The number of hydrogen-bond acceptors (Lipinski definition) is 6. The van der Waals surface area contributed by atoms with Gasteiger partial charge in [0.15, 0.2) is 0 Å². The Hall–Kier alpha value is -3.64. The number of fused-ring (bicyclic) bond motifs is 1. The minimum Gasteiger partial charge on any atom is -0.465 e. The Morgan fingerprint density at radius 3 is 2.33 bits per heavy atom. The third-order valence-corrected chi connectivity index (χ3v) is 7.98. The van der Waals surface area contributed by atoms with Gasteiger partial charge in [-0.3, -0.25) is 9.59 Å². The summed E-state index contributed by atoms with van der Waals surface area (Å²) in [6.45, 7) is 3.79. The summed E-state index contributed by atoms with van der Waals surface area (Å²) in [6.07, 6.45) is -0.233. The minimum absolute atomic E-state index is 0.0490. The number of sulfonamides is 1. The zero-order valence-corrected chi connectivity index (χ0v) is 21.1. The van der Waals surface area contributed by atoms with Crippen LogP contribution in [-0.2, 0) is 19.6 Å². The van der Waals surface area contributed by atoms with Crippen molar-refractivity contribution in [2.24, 2.45) is 0 Å². The molecule has 2 aromatic rings. The minimum atomic E-state index is -3.84. The largest absolute Gasteiger partial charge is 0.465 e. The number of carbonyl (C=O) groups is 3. The van der Waals surface area contributed by atoms with Crippen molar-refractivity contribution >= 4 is 44.4 Å². The molecule has 0 saturated carbocycles. The molecule has 1 aliphatic heterocycles. The molecule has 12 heteroatoms. The lowest BCUT2D eigenvalue weighted by Crippen LogP contribution is -2.56. The molecule has 0 aromatic heterocycles. The van der Waals surface area contributed by atoms with Gasteiger partial charge in [-0.2, -0.15) is 4.31 Å². The van der Waals surface area contributed by atoms with Crippen molar-refractivity contribution in [1.29, 1.82) is 0 Å². The molecule has 0 aliphatic carbocycles. The van der Waals surface area contributed by atoms with E-state index in [1.54, 1.807) is 18.2 Å². The van der Waals surface area contributed by atoms with Crippen LogP contribution in [0.1, 0.15) is 6.42 Å². The van der Waals surface area contributed by atoms with Gasteiger partial charge in [0.25, 0.3) is 0 Å². The molecule has 1 unspecified atom stereocenters. The lowest BCUT2D eigenvalue weighted by atomic mass is 10.1. The van der Waals surface area contributed by atoms with Crippen molar-refractivity contribution < 1.29 is 27.9 Å². The molecule has 0 bridgehead atoms. The Balaban J connectivity index is 1.73. The van der Waals surface area contributed by atoms with Gasteiger partial charge < -0.3 is 25.5 Å². The van der Waals surface area contributed by atoms with Crippen LogP contribution in [0.4, 0.5) is 10.5 Å². The molecule has 1 fully saturated rings. The van der Waals surface area contributed by atoms with Gasteiger partial charge in [0.1, 0.15) is 6.04 Å². The van der Waals surface area contributed by atoms with E-state index in [4.69, 9.17) is 5.11 Å². The van der Waals surface area contributed by atoms with Crippen LogP contribution in [0.5, 0.6) is 0 Å². The number of nitrogens with one attached hydrogen (secondary N) is 2. The van der Waals surface area contributed by atoms with Gasteiger partial charge in [-0.15, -0.1) is 0 Å². The molecule has 3 amide bonds. The van der Waals surface area contributed by atoms with Crippen LogP contribution in [0.2, 0.25) is 0 Å². The van der Waals surface area contributed by atoms with Crippen molar-refractivity contribution in [3.05, 3.63) is 49.1 Å². The number of piperazine rings is 1. The highest BCUT2D eigenvalue weighted by Crippen LogP contribution is 2.32. The quantitative estimate of drug-likeness (QED) is 0.423. The highest BCUT2D eigenvalue weighted by Gasteiger charge is 2.33. The highest BCUT2D eigenvalue weighted by atomic mass is 32.2. The van der Waals surface area contributed by atoms with Crippen LogP contribution in [-0.4, -0.2) is 93.5 Å². The van der Waals surface area contributed by atoms with Crippen LogP contribution >= 0.6 is 0 Å². The first-order valence-electron chi connectivity index (χ1n) is 11.4. The molecular formula is C24H31N5O6S. The Morgan fingerprint density at radius 1 is 1.08 bits per heavy atom. The third kappa shape index (κ3) is 5.94. The van der Waals surface area contributed by atoms with E-state index in [9.17, 15) is 22.8 Å².